The summed E-state index contributed by atoms with van der Waals surface area (Å²) >= 11 is 4.05. The van der Waals surface area contributed by atoms with Gasteiger partial charge in [0, 0.05) is 6.10 Å². The second kappa shape index (κ2) is 4.68. The van der Waals surface area contributed by atoms with Crippen molar-refractivity contribution in [3.63, 3.8) is 0 Å². The molecule has 0 aromatic carbocycles. The molecule has 1 unspecified atom stereocenters. The highest BCUT2D eigenvalue weighted by molar-refractivity contribution is 7.80. The van der Waals surface area contributed by atoms with Gasteiger partial charge in [-0.25, -0.2) is 0 Å². The molecule has 0 aromatic heterocycles. The minimum Gasteiger partial charge on any atom is -0.425 e. The predicted molar refractivity (Wildman–Crippen MR) is 39.0 cm³/mol. The van der Waals surface area contributed by atoms with E-state index in [4.69, 9.17) is 4.43 Å². The number of rotatable bonds is 3. The van der Waals surface area contributed by atoms with E-state index < -0.39 is 0 Å². The van der Waals surface area contributed by atoms with Crippen molar-refractivity contribution in [1.29, 1.82) is 0 Å². The van der Waals surface area contributed by atoms with E-state index in [9.17, 15) is 0 Å². The van der Waals surface area contributed by atoms with Crippen LogP contribution in [0.15, 0.2) is 0 Å². The van der Waals surface area contributed by atoms with Gasteiger partial charge in [0.1, 0.15) is 10.5 Å². The molecule has 0 aliphatic rings. The Kier molecular flexibility index (Phi) is 5.03. The molecule has 0 rings (SSSR count). The third-order valence-electron chi connectivity index (χ3n) is 0.938. The summed E-state index contributed by atoms with van der Waals surface area (Å²) in [5, 5.41) is 0. The van der Waals surface area contributed by atoms with E-state index in [1.54, 1.807) is 0 Å². The fourth-order valence-corrected chi connectivity index (χ4v) is 0.899. The van der Waals surface area contributed by atoms with Gasteiger partial charge in [0.15, 0.2) is 0 Å². The van der Waals surface area contributed by atoms with Gasteiger partial charge < -0.3 is 4.43 Å². The van der Waals surface area contributed by atoms with E-state index in [1.807, 2.05) is 0 Å². The van der Waals surface area contributed by atoms with E-state index in [-0.39, 0.29) is 0 Å². The lowest BCUT2D eigenvalue weighted by Crippen LogP contribution is -2.05. The van der Waals surface area contributed by atoms with Crippen molar-refractivity contribution in [2.45, 2.75) is 19.4 Å². The van der Waals surface area contributed by atoms with Gasteiger partial charge in [0.2, 0.25) is 0 Å². The highest BCUT2D eigenvalue weighted by Gasteiger charge is 1.92. The van der Waals surface area contributed by atoms with E-state index in [0.717, 1.165) is 22.7 Å². The fraction of sp³-hybridized carbons (Fsp3) is 1.00. The van der Waals surface area contributed by atoms with Gasteiger partial charge in [-0.3, -0.25) is 0 Å². The third kappa shape index (κ3) is 4.38. The molecule has 1 atom stereocenters. The van der Waals surface area contributed by atoms with Crippen LogP contribution in [0.5, 0.6) is 0 Å². The van der Waals surface area contributed by atoms with Crippen molar-refractivity contribution in [3.05, 3.63) is 0 Å². The maximum atomic E-state index is 5.08. The average molecular weight is 136 g/mol. The molecule has 0 aliphatic heterocycles. The Labute approximate surface area is 53.4 Å². The van der Waals surface area contributed by atoms with Crippen LogP contribution < -0.4 is 0 Å². The van der Waals surface area contributed by atoms with Crippen molar-refractivity contribution in [2.24, 2.45) is 0 Å². The normalized spacial score (nSPS) is 14.6. The second-order valence-electron chi connectivity index (χ2n) is 1.56. The first-order valence-electron chi connectivity index (χ1n) is 2.45. The smallest absolute Gasteiger partial charge is 0.146 e. The first-order valence-corrected chi connectivity index (χ1v) is 3.89. The summed E-state index contributed by atoms with van der Waals surface area (Å²) in [5.74, 6) is 0.934. The van der Waals surface area contributed by atoms with Gasteiger partial charge >= 0.3 is 0 Å². The molecular formula is C4H12OSSi. The largest absolute Gasteiger partial charge is 0.425 e. The zero-order valence-corrected chi connectivity index (χ0v) is 7.74. The van der Waals surface area contributed by atoms with E-state index >= 15 is 0 Å². The Morgan fingerprint density at radius 3 is 2.57 bits per heavy atom. The molecule has 0 saturated carbocycles. The van der Waals surface area contributed by atoms with Crippen LogP contribution in [0.1, 0.15) is 13.3 Å². The quantitative estimate of drug-likeness (QED) is 0.424. The number of thiol groups is 1. The Bertz CT molecular complexity index is 42.7. The van der Waals surface area contributed by atoms with Gasteiger partial charge in [-0.1, -0.05) is 0 Å². The fourth-order valence-electron chi connectivity index (χ4n) is 0.300. The van der Waals surface area contributed by atoms with Gasteiger partial charge in [0.25, 0.3) is 0 Å². The van der Waals surface area contributed by atoms with E-state index in [2.05, 4.69) is 19.6 Å². The van der Waals surface area contributed by atoms with Gasteiger partial charge in [-0.15, -0.1) is 0 Å². The van der Waals surface area contributed by atoms with Crippen LogP contribution in [-0.4, -0.2) is 22.3 Å². The summed E-state index contributed by atoms with van der Waals surface area (Å²) in [4.78, 5) is 0. The third-order valence-corrected chi connectivity index (χ3v) is 2.00. The highest BCUT2D eigenvalue weighted by Crippen LogP contribution is 1.94. The number of hydrogen-bond donors (Lipinski definition) is 1. The average Bonchev–Trinajstić information content (AvgIpc) is 1.68. The van der Waals surface area contributed by atoms with Crippen LogP contribution in [0.3, 0.4) is 0 Å². The maximum Gasteiger partial charge on any atom is 0.146 e. The van der Waals surface area contributed by atoms with Crippen molar-refractivity contribution >= 4 is 23.1 Å². The molecule has 0 amide bonds. The van der Waals surface area contributed by atoms with Gasteiger partial charge in [-0.05, 0) is 19.1 Å². The molecule has 0 radical (unpaired) electrons. The number of hydrogen-bond acceptors (Lipinski definition) is 2. The molecule has 0 aromatic rings. The zero-order chi connectivity index (χ0) is 5.70. The Morgan fingerprint density at radius 1 is 1.86 bits per heavy atom. The van der Waals surface area contributed by atoms with Crippen LogP contribution in [0.2, 0.25) is 0 Å². The van der Waals surface area contributed by atoms with Crippen molar-refractivity contribution in [2.75, 3.05) is 5.75 Å². The second-order valence-corrected chi connectivity index (χ2v) is 2.48. The summed E-state index contributed by atoms with van der Waals surface area (Å²) in [6.07, 6.45) is 1.51. The first kappa shape index (κ1) is 7.53. The van der Waals surface area contributed by atoms with Crippen LogP contribution in [0.4, 0.5) is 0 Å². The lowest BCUT2D eigenvalue weighted by molar-refractivity contribution is 0.241. The van der Waals surface area contributed by atoms with Crippen LogP contribution >= 0.6 is 12.6 Å². The van der Waals surface area contributed by atoms with Crippen molar-refractivity contribution in [1.82, 2.24) is 0 Å². The Morgan fingerprint density at radius 2 is 2.43 bits per heavy atom. The van der Waals surface area contributed by atoms with Crippen LogP contribution in [0.25, 0.3) is 0 Å². The topological polar surface area (TPSA) is 9.23 Å². The molecule has 0 bridgehead atoms. The van der Waals surface area contributed by atoms with Gasteiger partial charge in [0.05, 0.1) is 0 Å². The van der Waals surface area contributed by atoms with E-state index in [1.165, 1.54) is 0 Å². The minimum absolute atomic E-state index is 0.434. The molecule has 7 heavy (non-hydrogen) atoms. The van der Waals surface area contributed by atoms with Crippen molar-refractivity contribution in [3.8, 4) is 0 Å². The Balaban J connectivity index is 2.83. The monoisotopic (exact) mass is 136 g/mol. The maximum absolute atomic E-state index is 5.08. The predicted octanol–water partition coefficient (Wildman–Crippen LogP) is -0.00820. The standard InChI is InChI=1S/C4H12OSSi/c1-4(5-7)2-3-6/h4,6H,2-3H2,1,7H3. The van der Waals surface area contributed by atoms with Crippen LogP contribution in [0, 0.1) is 0 Å². The van der Waals surface area contributed by atoms with Gasteiger partial charge in [-0.2, -0.15) is 12.6 Å². The molecule has 0 N–H and O–H groups in total. The summed E-state index contributed by atoms with van der Waals surface area (Å²) in [7, 11) is 0.853. The summed E-state index contributed by atoms with van der Waals surface area (Å²) < 4.78 is 5.08. The molecule has 0 spiro atoms. The molecule has 0 saturated heterocycles. The summed E-state index contributed by atoms with van der Waals surface area (Å²) in [6.45, 7) is 2.07. The SMILES string of the molecule is CC(CCS)O[SiH3]. The molecule has 3 heteroatoms. The van der Waals surface area contributed by atoms with Crippen LogP contribution in [-0.2, 0) is 4.43 Å². The first-order chi connectivity index (χ1) is 3.31. The summed E-state index contributed by atoms with van der Waals surface area (Å²) in [5.41, 5.74) is 0. The Hall–Kier alpha value is 0.527. The lowest BCUT2D eigenvalue weighted by atomic mass is 10.3. The lowest BCUT2D eigenvalue weighted by Gasteiger charge is -2.05. The molecular weight excluding hydrogens is 124 g/mol. The molecule has 1 nitrogen and oxygen atoms in total. The van der Waals surface area contributed by atoms with Crippen molar-refractivity contribution < 1.29 is 4.43 Å². The van der Waals surface area contributed by atoms with E-state index in [0.29, 0.717) is 6.10 Å². The molecule has 44 valence electrons. The molecule has 0 heterocycles. The molecule has 0 fully saturated rings. The molecule has 0 aliphatic carbocycles. The summed E-state index contributed by atoms with van der Waals surface area (Å²) in [6, 6.07) is 0. The zero-order valence-electron chi connectivity index (χ0n) is 4.85. The highest BCUT2D eigenvalue weighted by atomic mass is 32.1. The minimum atomic E-state index is 0.434.